The fourth-order valence-electron chi connectivity index (χ4n) is 3.59. The van der Waals surface area contributed by atoms with Gasteiger partial charge in [-0.2, -0.15) is 27.8 Å². The Morgan fingerprint density at radius 1 is 1.23 bits per heavy atom. The van der Waals surface area contributed by atoms with E-state index in [9.17, 15) is 27.2 Å². The fraction of sp³-hybridized carbons (Fsp3) is 0.190. The number of amides is 3. The summed E-state index contributed by atoms with van der Waals surface area (Å²) in [6, 6.07) is 5.05. The molecule has 2 heterocycles. The van der Waals surface area contributed by atoms with Gasteiger partial charge in [0.1, 0.15) is 23.6 Å². The minimum atomic E-state index is -4.63. The van der Waals surface area contributed by atoms with Gasteiger partial charge in [-0.3, -0.25) is 4.98 Å². The Morgan fingerprint density at radius 2 is 2.00 bits per heavy atom. The quantitative estimate of drug-likeness (QED) is 0.548. The van der Waals surface area contributed by atoms with Crippen LogP contribution in [0.1, 0.15) is 6.42 Å². The van der Waals surface area contributed by atoms with Crippen molar-refractivity contribution in [2.45, 2.75) is 12.6 Å². The molecule has 4 rings (SSSR count). The summed E-state index contributed by atoms with van der Waals surface area (Å²) >= 11 is 0. The first-order valence-corrected chi connectivity index (χ1v) is 9.13. The zero-order valence-corrected chi connectivity index (χ0v) is 15.7. The van der Waals surface area contributed by atoms with E-state index in [1.54, 1.807) is 0 Å². The third kappa shape index (κ3) is 3.38. The molecule has 0 saturated carbocycles. The summed E-state index contributed by atoms with van der Waals surface area (Å²) < 4.78 is 55.4. The van der Waals surface area contributed by atoms with Gasteiger partial charge in [0, 0.05) is 11.6 Å². The molecule has 1 unspecified atom stereocenters. The number of anilines is 1. The van der Waals surface area contributed by atoms with Gasteiger partial charge in [0.15, 0.2) is 5.69 Å². The lowest BCUT2D eigenvalue weighted by atomic mass is 9.92. The normalized spacial score (nSPS) is 18.9. The summed E-state index contributed by atoms with van der Waals surface area (Å²) in [5, 5.41) is 9.16. The van der Waals surface area contributed by atoms with Gasteiger partial charge in [-0.1, -0.05) is 18.2 Å². The summed E-state index contributed by atoms with van der Waals surface area (Å²) in [5.41, 5.74) is -0.572. The Labute approximate surface area is 173 Å². The molecule has 0 bridgehead atoms. The number of hydrogen-bond donors (Lipinski definition) is 0. The number of aromatic nitrogens is 1. The molecule has 1 aromatic carbocycles. The highest BCUT2D eigenvalue weighted by atomic mass is 19.4. The molecule has 156 valence electrons. The van der Waals surface area contributed by atoms with Crippen molar-refractivity contribution in [1.29, 1.82) is 5.26 Å². The molecule has 2 aromatic rings. The number of fused-ring (bicyclic) bond motifs is 2. The minimum absolute atomic E-state index is 0.0318. The van der Waals surface area contributed by atoms with Gasteiger partial charge in [-0.05, 0) is 18.2 Å². The van der Waals surface area contributed by atoms with Gasteiger partial charge in [0.2, 0.25) is 0 Å². The van der Waals surface area contributed by atoms with Crippen LogP contribution in [0.4, 0.5) is 28.0 Å². The second kappa shape index (κ2) is 7.43. The second-order valence-corrected chi connectivity index (χ2v) is 6.87. The lowest BCUT2D eigenvalue weighted by Gasteiger charge is -2.26. The number of hydrogen-bond acceptors (Lipinski definition) is 4. The Balaban J connectivity index is 1.94. The van der Waals surface area contributed by atoms with Crippen LogP contribution in [-0.4, -0.2) is 39.9 Å². The highest BCUT2D eigenvalue weighted by molar-refractivity contribution is 6.37. The van der Waals surface area contributed by atoms with Crippen LogP contribution in [0.3, 0.4) is 0 Å². The SMILES string of the molecule is N#CCC[N+]1=C2C=CC(C(F)(F)F)C=C2C(=O)N(c2cncc3cccc(F)c23)C1=O. The molecule has 0 fully saturated rings. The number of rotatable bonds is 3. The highest BCUT2D eigenvalue weighted by Gasteiger charge is 2.49. The van der Waals surface area contributed by atoms with Crippen LogP contribution in [0, 0.1) is 23.1 Å². The lowest BCUT2D eigenvalue weighted by molar-refractivity contribution is -0.424. The zero-order chi connectivity index (χ0) is 22.3. The van der Waals surface area contributed by atoms with E-state index in [4.69, 9.17) is 5.26 Å². The van der Waals surface area contributed by atoms with Crippen molar-refractivity contribution in [3.8, 4) is 6.07 Å². The third-order valence-electron chi connectivity index (χ3n) is 5.01. The van der Waals surface area contributed by atoms with Crippen LogP contribution in [0.15, 0.2) is 54.4 Å². The number of halogens is 4. The smallest absolute Gasteiger partial charge is 0.260 e. The van der Waals surface area contributed by atoms with E-state index in [1.165, 1.54) is 18.3 Å². The molecule has 1 atom stereocenters. The van der Waals surface area contributed by atoms with Gasteiger partial charge in [0.05, 0.1) is 30.0 Å². The first kappa shape index (κ1) is 20.4. The van der Waals surface area contributed by atoms with Crippen molar-refractivity contribution in [2.24, 2.45) is 5.92 Å². The van der Waals surface area contributed by atoms with Gasteiger partial charge in [-0.15, -0.1) is 4.90 Å². The molecule has 0 spiro atoms. The van der Waals surface area contributed by atoms with Crippen LogP contribution in [0.2, 0.25) is 0 Å². The Hall–Kier alpha value is -3.87. The van der Waals surface area contributed by atoms with Crippen molar-refractivity contribution < 1.29 is 31.7 Å². The number of nitrogens with zero attached hydrogens (tertiary/aromatic N) is 4. The number of benzene rings is 1. The van der Waals surface area contributed by atoms with E-state index in [-0.39, 0.29) is 35.3 Å². The van der Waals surface area contributed by atoms with E-state index >= 15 is 0 Å². The van der Waals surface area contributed by atoms with Crippen molar-refractivity contribution in [3.63, 3.8) is 0 Å². The predicted molar refractivity (Wildman–Crippen MR) is 102 cm³/mol. The van der Waals surface area contributed by atoms with Gasteiger partial charge >= 0.3 is 18.1 Å². The third-order valence-corrected chi connectivity index (χ3v) is 5.01. The fourth-order valence-corrected chi connectivity index (χ4v) is 3.59. The minimum Gasteiger partial charge on any atom is -0.260 e. The van der Waals surface area contributed by atoms with Crippen molar-refractivity contribution in [1.82, 2.24) is 4.98 Å². The topological polar surface area (TPSA) is 77.1 Å². The zero-order valence-electron chi connectivity index (χ0n) is 15.7. The Kier molecular flexibility index (Phi) is 4.89. The van der Waals surface area contributed by atoms with Crippen LogP contribution < -0.4 is 4.90 Å². The lowest BCUT2D eigenvalue weighted by Crippen LogP contribution is -2.52. The van der Waals surface area contributed by atoms with Crippen molar-refractivity contribution >= 4 is 34.1 Å². The Bertz CT molecular complexity index is 1250. The highest BCUT2D eigenvalue weighted by Crippen LogP contribution is 2.36. The molecular formula is C21H13F4N4O2+. The molecule has 0 saturated heterocycles. The number of nitriles is 1. The summed E-state index contributed by atoms with van der Waals surface area (Å²) in [6.07, 6.45) is 0.317. The van der Waals surface area contributed by atoms with Gasteiger partial charge in [0.25, 0.3) is 0 Å². The molecule has 0 N–H and O–H groups in total. The summed E-state index contributed by atoms with van der Waals surface area (Å²) in [4.78, 5) is 30.9. The average Bonchev–Trinajstić information content (AvgIpc) is 2.73. The maximum Gasteiger partial charge on any atom is 0.506 e. The van der Waals surface area contributed by atoms with Crippen LogP contribution in [-0.2, 0) is 4.79 Å². The van der Waals surface area contributed by atoms with E-state index < -0.39 is 29.8 Å². The number of urea groups is 1. The van der Waals surface area contributed by atoms with E-state index in [0.717, 1.165) is 35.1 Å². The molecule has 10 heteroatoms. The standard InChI is InChI=1S/C21H13F4N4O2/c22-15-4-1-3-12-10-27-11-17(18(12)15)29-19(30)14-9-13(21(23,24)25)5-6-16(14)28(20(29)31)8-2-7-26/h1,3-6,9-11,13H,2,8H2/q+1. The predicted octanol–water partition coefficient (Wildman–Crippen LogP) is 3.88. The number of carbonyl (C=O) groups is 2. The van der Waals surface area contributed by atoms with Gasteiger partial charge < -0.3 is 0 Å². The second-order valence-electron chi connectivity index (χ2n) is 6.87. The van der Waals surface area contributed by atoms with E-state index in [1.807, 2.05) is 6.07 Å². The molecule has 2 aliphatic rings. The average molecular weight is 429 g/mol. The Morgan fingerprint density at radius 3 is 2.71 bits per heavy atom. The summed E-state index contributed by atoms with van der Waals surface area (Å²) in [7, 11) is 0. The molecule has 1 aliphatic heterocycles. The van der Waals surface area contributed by atoms with Crippen molar-refractivity contribution in [2.75, 3.05) is 11.4 Å². The van der Waals surface area contributed by atoms with E-state index in [2.05, 4.69) is 4.98 Å². The molecule has 1 aromatic heterocycles. The van der Waals surface area contributed by atoms with E-state index in [0.29, 0.717) is 10.3 Å². The van der Waals surface area contributed by atoms with Crippen LogP contribution in [0.5, 0.6) is 0 Å². The molecule has 0 radical (unpaired) electrons. The summed E-state index contributed by atoms with van der Waals surface area (Å²) in [6.45, 7) is -0.159. The van der Waals surface area contributed by atoms with Crippen LogP contribution in [0.25, 0.3) is 10.8 Å². The number of allylic oxidation sites excluding steroid dienone is 3. The summed E-state index contributed by atoms with van der Waals surface area (Å²) in [5.74, 6) is -3.77. The maximum atomic E-state index is 14.6. The number of imide groups is 1. The maximum absolute atomic E-state index is 14.6. The molecular weight excluding hydrogens is 416 g/mol. The number of pyridine rings is 1. The monoisotopic (exact) mass is 429 g/mol. The molecule has 1 aliphatic carbocycles. The first-order valence-electron chi connectivity index (χ1n) is 9.13. The number of alkyl halides is 3. The largest absolute Gasteiger partial charge is 0.506 e. The van der Waals surface area contributed by atoms with Crippen LogP contribution >= 0.6 is 0 Å². The first-order chi connectivity index (χ1) is 14.7. The molecule has 6 nitrogen and oxygen atoms in total. The molecule has 3 amide bonds. The van der Waals surface area contributed by atoms with Crippen molar-refractivity contribution in [3.05, 3.63) is 60.2 Å². The van der Waals surface area contributed by atoms with Gasteiger partial charge in [-0.25, -0.2) is 9.18 Å². The number of carbonyl (C=O) groups excluding carboxylic acids is 2. The molecule has 31 heavy (non-hydrogen) atoms.